The number of thiophene rings is 1. The third-order valence-electron chi connectivity index (χ3n) is 3.21. The number of methoxy groups -OCH3 is 1. The van der Waals surface area contributed by atoms with E-state index in [1.807, 2.05) is 30.3 Å². The molecule has 2 rings (SSSR count). The summed E-state index contributed by atoms with van der Waals surface area (Å²) in [7, 11) is 1.64. The molecule has 0 aliphatic rings. The number of hydrogen-bond acceptors (Lipinski definition) is 3. The maximum absolute atomic E-state index is 12.1. The van der Waals surface area contributed by atoms with Crippen molar-refractivity contribution >= 4 is 17.2 Å². The van der Waals surface area contributed by atoms with Crippen LogP contribution in [0.25, 0.3) is 0 Å². The molecule has 1 heterocycles. The third-order valence-corrected chi connectivity index (χ3v) is 4.30. The molecule has 0 unspecified atom stereocenters. The SMILES string of the molecule is CCc1cc(C(=O)NCc2cccc(OC)c2)sc1C. The van der Waals surface area contributed by atoms with Crippen LogP contribution in [0.1, 0.15) is 32.6 Å². The Balaban J connectivity index is 2.00. The first kappa shape index (κ1) is 14.6. The molecule has 1 amide bonds. The molecule has 0 saturated heterocycles. The Bertz CT molecular complexity index is 604. The van der Waals surface area contributed by atoms with Crippen LogP contribution in [0.2, 0.25) is 0 Å². The van der Waals surface area contributed by atoms with Gasteiger partial charge in [-0.05, 0) is 42.7 Å². The van der Waals surface area contributed by atoms with Gasteiger partial charge in [-0.15, -0.1) is 11.3 Å². The number of aryl methyl sites for hydroxylation is 2. The third kappa shape index (κ3) is 3.39. The van der Waals surface area contributed by atoms with Gasteiger partial charge in [-0.2, -0.15) is 0 Å². The minimum Gasteiger partial charge on any atom is -0.497 e. The molecule has 0 radical (unpaired) electrons. The number of rotatable bonds is 5. The number of amides is 1. The predicted molar refractivity (Wildman–Crippen MR) is 82.6 cm³/mol. The Kier molecular flexibility index (Phi) is 4.79. The van der Waals surface area contributed by atoms with E-state index in [9.17, 15) is 4.79 Å². The monoisotopic (exact) mass is 289 g/mol. The number of carbonyl (C=O) groups excluding carboxylic acids is 1. The normalized spacial score (nSPS) is 10.3. The highest BCUT2D eigenvalue weighted by Crippen LogP contribution is 2.22. The van der Waals surface area contributed by atoms with Gasteiger partial charge in [0.1, 0.15) is 5.75 Å². The lowest BCUT2D eigenvalue weighted by atomic mass is 10.2. The Labute approximate surface area is 123 Å². The summed E-state index contributed by atoms with van der Waals surface area (Å²) < 4.78 is 5.17. The van der Waals surface area contributed by atoms with Gasteiger partial charge >= 0.3 is 0 Å². The highest BCUT2D eigenvalue weighted by atomic mass is 32.1. The molecule has 106 valence electrons. The van der Waals surface area contributed by atoms with Crippen molar-refractivity contribution in [1.82, 2.24) is 5.32 Å². The molecule has 0 fully saturated rings. The lowest BCUT2D eigenvalue weighted by molar-refractivity contribution is 0.0955. The highest BCUT2D eigenvalue weighted by molar-refractivity contribution is 7.14. The zero-order chi connectivity index (χ0) is 14.5. The van der Waals surface area contributed by atoms with E-state index in [4.69, 9.17) is 4.74 Å². The molecular weight excluding hydrogens is 270 g/mol. The van der Waals surface area contributed by atoms with Gasteiger partial charge in [-0.1, -0.05) is 19.1 Å². The molecule has 0 aliphatic heterocycles. The van der Waals surface area contributed by atoms with Crippen molar-refractivity contribution in [2.45, 2.75) is 26.8 Å². The van der Waals surface area contributed by atoms with Crippen molar-refractivity contribution in [3.63, 3.8) is 0 Å². The van der Waals surface area contributed by atoms with Crippen LogP contribution in [0, 0.1) is 6.92 Å². The summed E-state index contributed by atoms with van der Waals surface area (Å²) in [5.41, 5.74) is 2.28. The van der Waals surface area contributed by atoms with Gasteiger partial charge in [0.05, 0.1) is 12.0 Å². The molecule has 0 bridgehead atoms. The average Bonchev–Trinajstić information content (AvgIpc) is 2.86. The second-order valence-corrected chi connectivity index (χ2v) is 5.84. The molecule has 2 aromatic rings. The highest BCUT2D eigenvalue weighted by Gasteiger charge is 2.11. The van der Waals surface area contributed by atoms with Gasteiger partial charge < -0.3 is 10.1 Å². The van der Waals surface area contributed by atoms with Gasteiger partial charge in [0.15, 0.2) is 0 Å². The van der Waals surface area contributed by atoms with Crippen molar-refractivity contribution in [3.05, 3.63) is 51.2 Å². The van der Waals surface area contributed by atoms with Gasteiger partial charge in [-0.25, -0.2) is 0 Å². The van der Waals surface area contributed by atoms with E-state index >= 15 is 0 Å². The standard InChI is InChI=1S/C16H19NO2S/c1-4-13-9-15(20-11(13)2)16(18)17-10-12-6-5-7-14(8-12)19-3/h5-9H,4,10H2,1-3H3,(H,17,18). The Morgan fingerprint density at radius 2 is 2.15 bits per heavy atom. The number of carbonyl (C=O) groups is 1. The second kappa shape index (κ2) is 6.57. The van der Waals surface area contributed by atoms with E-state index in [2.05, 4.69) is 19.2 Å². The molecular formula is C16H19NO2S. The Morgan fingerprint density at radius 3 is 2.80 bits per heavy atom. The van der Waals surface area contributed by atoms with E-state index in [0.29, 0.717) is 6.54 Å². The first-order valence-electron chi connectivity index (χ1n) is 6.64. The first-order valence-corrected chi connectivity index (χ1v) is 7.46. The Morgan fingerprint density at radius 1 is 1.35 bits per heavy atom. The van der Waals surface area contributed by atoms with Gasteiger partial charge in [0, 0.05) is 11.4 Å². The zero-order valence-electron chi connectivity index (χ0n) is 12.0. The summed E-state index contributed by atoms with van der Waals surface area (Å²) in [5, 5.41) is 2.95. The lowest BCUT2D eigenvalue weighted by Crippen LogP contribution is -2.21. The number of benzene rings is 1. The van der Waals surface area contributed by atoms with Crippen molar-refractivity contribution in [1.29, 1.82) is 0 Å². The topological polar surface area (TPSA) is 38.3 Å². The van der Waals surface area contributed by atoms with Crippen LogP contribution in [0.5, 0.6) is 5.75 Å². The van der Waals surface area contributed by atoms with Crippen LogP contribution in [0.4, 0.5) is 0 Å². The van der Waals surface area contributed by atoms with Crippen LogP contribution < -0.4 is 10.1 Å². The van der Waals surface area contributed by atoms with E-state index in [1.54, 1.807) is 18.4 Å². The van der Waals surface area contributed by atoms with Crippen molar-refractivity contribution < 1.29 is 9.53 Å². The van der Waals surface area contributed by atoms with Crippen LogP contribution in [0.3, 0.4) is 0 Å². The van der Waals surface area contributed by atoms with Crippen molar-refractivity contribution in [2.75, 3.05) is 7.11 Å². The number of hydrogen-bond donors (Lipinski definition) is 1. The number of ether oxygens (including phenoxy) is 1. The Hall–Kier alpha value is -1.81. The zero-order valence-corrected chi connectivity index (χ0v) is 12.8. The van der Waals surface area contributed by atoms with Crippen molar-refractivity contribution in [3.8, 4) is 5.75 Å². The fourth-order valence-corrected chi connectivity index (χ4v) is 3.06. The fourth-order valence-electron chi connectivity index (χ4n) is 2.03. The lowest BCUT2D eigenvalue weighted by Gasteiger charge is -2.05. The molecule has 4 heteroatoms. The molecule has 0 aliphatic carbocycles. The molecule has 0 atom stereocenters. The molecule has 0 spiro atoms. The van der Waals surface area contributed by atoms with Gasteiger partial charge in [-0.3, -0.25) is 4.79 Å². The molecule has 1 aromatic heterocycles. The summed E-state index contributed by atoms with van der Waals surface area (Å²) in [6, 6.07) is 9.70. The summed E-state index contributed by atoms with van der Waals surface area (Å²) in [6.45, 7) is 4.67. The smallest absolute Gasteiger partial charge is 0.261 e. The molecule has 3 nitrogen and oxygen atoms in total. The predicted octanol–water partition coefficient (Wildman–Crippen LogP) is 3.56. The number of nitrogens with one attached hydrogen (secondary N) is 1. The summed E-state index contributed by atoms with van der Waals surface area (Å²) >= 11 is 1.55. The molecule has 1 aromatic carbocycles. The van der Waals surface area contributed by atoms with E-state index < -0.39 is 0 Å². The minimum atomic E-state index is -0.0133. The van der Waals surface area contributed by atoms with Crippen molar-refractivity contribution in [2.24, 2.45) is 0 Å². The molecule has 1 N–H and O–H groups in total. The van der Waals surface area contributed by atoms with Crippen LogP contribution in [-0.2, 0) is 13.0 Å². The second-order valence-electron chi connectivity index (χ2n) is 4.58. The molecule has 20 heavy (non-hydrogen) atoms. The largest absolute Gasteiger partial charge is 0.497 e. The van der Waals surface area contributed by atoms with E-state index in [1.165, 1.54) is 10.4 Å². The van der Waals surface area contributed by atoms with Gasteiger partial charge in [0.2, 0.25) is 0 Å². The van der Waals surface area contributed by atoms with Crippen LogP contribution in [0.15, 0.2) is 30.3 Å². The average molecular weight is 289 g/mol. The maximum Gasteiger partial charge on any atom is 0.261 e. The minimum absolute atomic E-state index is 0.0133. The fraction of sp³-hybridized carbons (Fsp3) is 0.312. The van der Waals surface area contributed by atoms with E-state index in [-0.39, 0.29) is 5.91 Å². The van der Waals surface area contributed by atoms with Gasteiger partial charge in [0.25, 0.3) is 5.91 Å². The summed E-state index contributed by atoms with van der Waals surface area (Å²) in [6.07, 6.45) is 0.964. The van der Waals surface area contributed by atoms with Crippen LogP contribution >= 0.6 is 11.3 Å². The van der Waals surface area contributed by atoms with E-state index in [0.717, 1.165) is 22.6 Å². The quantitative estimate of drug-likeness (QED) is 0.914. The summed E-state index contributed by atoms with van der Waals surface area (Å²) in [5.74, 6) is 0.789. The molecule has 0 saturated carbocycles. The maximum atomic E-state index is 12.1. The van der Waals surface area contributed by atoms with Crippen LogP contribution in [-0.4, -0.2) is 13.0 Å². The summed E-state index contributed by atoms with van der Waals surface area (Å²) in [4.78, 5) is 14.1. The first-order chi connectivity index (χ1) is 9.63.